The lowest BCUT2D eigenvalue weighted by Gasteiger charge is -2.17. The molecular formula is C9H14N2O4. The first-order valence-corrected chi connectivity index (χ1v) is 4.59. The molecule has 84 valence electrons. The summed E-state index contributed by atoms with van der Waals surface area (Å²) in [6, 6.07) is 0. The molecule has 2 unspecified atom stereocenters. The van der Waals surface area contributed by atoms with E-state index in [0.29, 0.717) is 0 Å². The molecule has 1 aromatic heterocycles. The summed E-state index contributed by atoms with van der Waals surface area (Å²) in [7, 11) is 0. The van der Waals surface area contributed by atoms with Gasteiger partial charge in [-0.05, 0) is 6.92 Å². The van der Waals surface area contributed by atoms with E-state index in [1.165, 1.54) is 6.92 Å². The predicted molar refractivity (Wildman–Crippen MR) is 53.6 cm³/mol. The fourth-order valence-electron chi connectivity index (χ4n) is 1.25. The highest BCUT2D eigenvalue weighted by molar-refractivity contribution is 5.16. The molecule has 0 spiro atoms. The Morgan fingerprint density at radius 1 is 1.33 bits per heavy atom. The van der Waals surface area contributed by atoms with E-state index in [1.807, 2.05) is 0 Å². The van der Waals surface area contributed by atoms with Crippen LogP contribution in [0.5, 0.6) is 0 Å². The second-order valence-corrected chi connectivity index (χ2v) is 3.55. The summed E-state index contributed by atoms with van der Waals surface area (Å²) in [5.41, 5.74) is -0.782. The molecule has 6 heteroatoms. The lowest BCUT2D eigenvalue weighted by molar-refractivity contribution is 0.0729. The van der Waals surface area contributed by atoms with Crippen molar-refractivity contribution in [3.63, 3.8) is 0 Å². The number of aromatic amines is 2. The van der Waals surface area contributed by atoms with Gasteiger partial charge in [-0.3, -0.25) is 9.78 Å². The average Bonchev–Trinajstić information content (AvgIpc) is 2.21. The van der Waals surface area contributed by atoms with Crippen LogP contribution in [0.1, 0.15) is 24.3 Å². The lowest BCUT2D eigenvalue weighted by atomic mass is 10.0. The number of hydrogen-bond acceptors (Lipinski definition) is 4. The van der Waals surface area contributed by atoms with Gasteiger partial charge in [-0.2, -0.15) is 0 Å². The Labute approximate surface area is 85.6 Å². The Hall–Kier alpha value is -1.40. The van der Waals surface area contributed by atoms with Gasteiger partial charge in [0.2, 0.25) is 0 Å². The quantitative estimate of drug-likeness (QED) is 0.519. The molecule has 4 N–H and O–H groups in total. The third-order valence-electron chi connectivity index (χ3n) is 2.34. The Morgan fingerprint density at radius 3 is 2.47 bits per heavy atom. The van der Waals surface area contributed by atoms with Crippen LogP contribution in [0.4, 0.5) is 0 Å². The minimum Gasteiger partial charge on any atom is -0.396 e. The maximum atomic E-state index is 11.2. The molecule has 0 saturated heterocycles. The highest BCUT2D eigenvalue weighted by Crippen LogP contribution is 2.19. The smallest absolute Gasteiger partial charge is 0.325 e. The van der Waals surface area contributed by atoms with Gasteiger partial charge < -0.3 is 15.2 Å². The molecule has 15 heavy (non-hydrogen) atoms. The van der Waals surface area contributed by atoms with Gasteiger partial charge in [-0.15, -0.1) is 0 Å². The molecule has 0 saturated carbocycles. The van der Waals surface area contributed by atoms with E-state index >= 15 is 0 Å². The van der Waals surface area contributed by atoms with Gasteiger partial charge in [-0.1, -0.05) is 6.92 Å². The van der Waals surface area contributed by atoms with E-state index < -0.39 is 23.3 Å². The highest BCUT2D eigenvalue weighted by Gasteiger charge is 2.19. The Balaban J connectivity index is 3.25. The van der Waals surface area contributed by atoms with E-state index in [1.54, 1.807) is 6.92 Å². The minimum atomic E-state index is -1.05. The van der Waals surface area contributed by atoms with Gasteiger partial charge in [0, 0.05) is 18.1 Å². The number of H-pyrrole nitrogens is 2. The van der Waals surface area contributed by atoms with Gasteiger partial charge in [0.15, 0.2) is 0 Å². The van der Waals surface area contributed by atoms with Gasteiger partial charge in [0.05, 0.1) is 11.8 Å². The summed E-state index contributed by atoms with van der Waals surface area (Å²) in [6.07, 6.45) is -1.05. The molecular weight excluding hydrogens is 200 g/mol. The average molecular weight is 214 g/mol. The fourth-order valence-corrected chi connectivity index (χ4v) is 1.25. The zero-order valence-electron chi connectivity index (χ0n) is 8.57. The Kier molecular flexibility index (Phi) is 3.43. The molecule has 1 rings (SSSR count). The standard InChI is InChI=1S/C9H14N2O4/c1-4(3-12)7(13)6-5(2)8(14)11-9(15)10-6/h4,7,12-13H,3H2,1-2H3,(H2,10,11,14,15). The molecule has 2 atom stereocenters. The zero-order chi connectivity index (χ0) is 11.6. The number of aromatic nitrogens is 2. The van der Waals surface area contributed by atoms with Crippen molar-refractivity contribution in [3.8, 4) is 0 Å². The van der Waals surface area contributed by atoms with Crippen LogP contribution in [-0.2, 0) is 0 Å². The van der Waals surface area contributed by atoms with Gasteiger partial charge in [0.1, 0.15) is 0 Å². The molecule has 1 aromatic rings. The summed E-state index contributed by atoms with van der Waals surface area (Å²) in [4.78, 5) is 26.6. The van der Waals surface area contributed by atoms with E-state index in [9.17, 15) is 14.7 Å². The normalized spacial score (nSPS) is 14.9. The van der Waals surface area contributed by atoms with E-state index in [0.717, 1.165) is 0 Å². The molecule has 1 heterocycles. The second-order valence-electron chi connectivity index (χ2n) is 3.55. The first-order chi connectivity index (χ1) is 6.97. The number of nitrogens with one attached hydrogen (secondary N) is 2. The predicted octanol–water partition coefficient (Wildman–Crippen LogP) is -0.967. The molecule has 6 nitrogen and oxygen atoms in total. The number of aliphatic hydroxyl groups is 2. The van der Waals surface area contributed by atoms with Crippen LogP contribution in [0, 0.1) is 12.8 Å². The van der Waals surface area contributed by atoms with Crippen LogP contribution >= 0.6 is 0 Å². The van der Waals surface area contributed by atoms with Crippen LogP contribution < -0.4 is 11.2 Å². The molecule has 0 aromatic carbocycles. The second kappa shape index (κ2) is 4.41. The number of aliphatic hydroxyl groups excluding tert-OH is 2. The van der Waals surface area contributed by atoms with Gasteiger partial charge in [0.25, 0.3) is 5.56 Å². The Morgan fingerprint density at radius 2 is 1.93 bits per heavy atom. The van der Waals surface area contributed by atoms with Gasteiger partial charge in [-0.25, -0.2) is 4.79 Å². The van der Waals surface area contributed by atoms with Crippen molar-refractivity contribution < 1.29 is 10.2 Å². The van der Waals surface area contributed by atoms with Crippen molar-refractivity contribution in [1.82, 2.24) is 9.97 Å². The molecule has 0 radical (unpaired) electrons. The van der Waals surface area contributed by atoms with Crippen molar-refractivity contribution in [2.75, 3.05) is 6.61 Å². The van der Waals surface area contributed by atoms with Crippen LogP contribution in [0.2, 0.25) is 0 Å². The monoisotopic (exact) mass is 214 g/mol. The van der Waals surface area contributed by atoms with Crippen LogP contribution in [0.3, 0.4) is 0 Å². The third kappa shape index (κ3) is 2.34. The highest BCUT2D eigenvalue weighted by atomic mass is 16.3. The maximum absolute atomic E-state index is 11.2. The van der Waals surface area contributed by atoms with Crippen molar-refractivity contribution >= 4 is 0 Å². The Bertz CT molecular complexity index is 448. The summed E-state index contributed by atoms with van der Waals surface area (Å²) in [5, 5.41) is 18.6. The molecule has 0 bridgehead atoms. The number of rotatable bonds is 3. The van der Waals surface area contributed by atoms with Gasteiger partial charge >= 0.3 is 5.69 Å². The summed E-state index contributed by atoms with van der Waals surface area (Å²) in [6.45, 7) is 2.89. The summed E-state index contributed by atoms with van der Waals surface area (Å²) < 4.78 is 0. The molecule has 0 aliphatic rings. The maximum Gasteiger partial charge on any atom is 0.325 e. The molecule has 0 fully saturated rings. The molecule has 0 aliphatic heterocycles. The zero-order valence-corrected chi connectivity index (χ0v) is 8.57. The fraction of sp³-hybridized carbons (Fsp3) is 0.556. The van der Waals surface area contributed by atoms with Crippen LogP contribution in [-0.4, -0.2) is 26.8 Å². The SMILES string of the molecule is Cc1c(C(O)C(C)CO)[nH]c(=O)[nH]c1=O. The molecule has 0 amide bonds. The van der Waals surface area contributed by atoms with E-state index in [-0.39, 0.29) is 17.9 Å². The topological polar surface area (TPSA) is 106 Å². The summed E-state index contributed by atoms with van der Waals surface area (Å²) >= 11 is 0. The van der Waals surface area contributed by atoms with Crippen molar-refractivity contribution in [2.24, 2.45) is 5.92 Å². The lowest BCUT2D eigenvalue weighted by Crippen LogP contribution is -2.29. The van der Waals surface area contributed by atoms with E-state index in [4.69, 9.17) is 5.11 Å². The van der Waals surface area contributed by atoms with Crippen LogP contribution in [0.15, 0.2) is 9.59 Å². The van der Waals surface area contributed by atoms with Crippen molar-refractivity contribution in [2.45, 2.75) is 20.0 Å². The largest absolute Gasteiger partial charge is 0.396 e. The van der Waals surface area contributed by atoms with Crippen molar-refractivity contribution in [1.29, 1.82) is 0 Å². The first kappa shape index (κ1) is 11.7. The van der Waals surface area contributed by atoms with E-state index in [2.05, 4.69) is 9.97 Å². The summed E-state index contributed by atoms with van der Waals surface area (Å²) in [5.74, 6) is -0.443. The first-order valence-electron chi connectivity index (χ1n) is 4.59. The van der Waals surface area contributed by atoms with Crippen molar-refractivity contribution in [3.05, 3.63) is 32.1 Å². The number of hydrogen-bond donors (Lipinski definition) is 4. The molecule has 0 aliphatic carbocycles. The van der Waals surface area contributed by atoms with Crippen LogP contribution in [0.25, 0.3) is 0 Å². The third-order valence-corrected chi connectivity index (χ3v) is 2.34. The minimum absolute atomic E-state index is 0.158.